The number of amides is 2. The van der Waals surface area contributed by atoms with Crippen molar-refractivity contribution in [1.29, 1.82) is 0 Å². The molecule has 6 nitrogen and oxygen atoms in total. The van der Waals surface area contributed by atoms with Crippen molar-refractivity contribution in [2.75, 3.05) is 31.1 Å². The minimum atomic E-state index is -0.169. The van der Waals surface area contributed by atoms with Crippen molar-refractivity contribution in [3.05, 3.63) is 23.9 Å². The minimum absolute atomic E-state index is 0.169. The van der Waals surface area contributed by atoms with Crippen molar-refractivity contribution < 1.29 is 9.59 Å². The fraction of sp³-hybridized carbons (Fsp3) is 0.500. The monoisotopic (exact) mass is 276 g/mol. The first-order valence-electron chi connectivity index (χ1n) is 6.98. The molecule has 1 aliphatic heterocycles. The number of carbonyl (C=O) groups excluding carboxylic acids is 2. The van der Waals surface area contributed by atoms with Crippen LogP contribution in [0.15, 0.2) is 18.2 Å². The Morgan fingerprint density at radius 3 is 2.85 bits per heavy atom. The van der Waals surface area contributed by atoms with E-state index in [-0.39, 0.29) is 5.91 Å². The molecule has 2 heterocycles. The first kappa shape index (κ1) is 14.3. The van der Waals surface area contributed by atoms with Crippen LogP contribution in [0, 0.1) is 0 Å². The van der Waals surface area contributed by atoms with Crippen LogP contribution in [0.1, 0.15) is 29.8 Å². The molecule has 2 N–H and O–H groups in total. The largest absolute Gasteiger partial charge is 0.359 e. The number of anilines is 1. The Balaban J connectivity index is 1.86. The van der Waals surface area contributed by atoms with Crippen LogP contribution in [-0.4, -0.2) is 43.5 Å². The molecule has 0 unspecified atom stereocenters. The smallest absolute Gasteiger partial charge is 0.269 e. The van der Waals surface area contributed by atoms with Crippen LogP contribution in [0.5, 0.6) is 0 Å². The summed E-state index contributed by atoms with van der Waals surface area (Å²) < 4.78 is 0. The molecule has 2 amide bonds. The van der Waals surface area contributed by atoms with Crippen LogP contribution in [0.2, 0.25) is 0 Å². The number of hydrogen-bond donors (Lipinski definition) is 2. The number of nitrogens with one attached hydrogen (secondary N) is 2. The normalized spacial score (nSPS) is 14.1. The van der Waals surface area contributed by atoms with Gasteiger partial charge < -0.3 is 15.5 Å². The molecule has 6 heteroatoms. The van der Waals surface area contributed by atoms with E-state index in [0.717, 1.165) is 18.9 Å². The van der Waals surface area contributed by atoms with Crippen LogP contribution in [0.4, 0.5) is 5.82 Å². The van der Waals surface area contributed by atoms with Gasteiger partial charge in [-0.25, -0.2) is 4.98 Å². The van der Waals surface area contributed by atoms with Gasteiger partial charge in [-0.2, -0.15) is 0 Å². The summed E-state index contributed by atoms with van der Waals surface area (Å²) in [7, 11) is 0. The van der Waals surface area contributed by atoms with Crippen LogP contribution in [0.3, 0.4) is 0 Å². The molecule has 0 radical (unpaired) electrons. The first-order chi connectivity index (χ1) is 9.81. The van der Waals surface area contributed by atoms with E-state index in [9.17, 15) is 9.59 Å². The molecular formula is C14H20N4O2. The Morgan fingerprint density at radius 2 is 2.10 bits per heavy atom. The van der Waals surface area contributed by atoms with Gasteiger partial charge in [0.2, 0.25) is 6.41 Å². The summed E-state index contributed by atoms with van der Waals surface area (Å²) in [6.45, 7) is 3.10. The van der Waals surface area contributed by atoms with Crippen LogP contribution in [-0.2, 0) is 4.79 Å². The molecule has 0 bridgehead atoms. The van der Waals surface area contributed by atoms with Gasteiger partial charge in [-0.3, -0.25) is 9.59 Å². The number of nitrogens with zero attached hydrogens (tertiary/aromatic N) is 2. The second-order valence-corrected chi connectivity index (χ2v) is 4.76. The van der Waals surface area contributed by atoms with Crippen LogP contribution < -0.4 is 15.5 Å². The fourth-order valence-corrected chi connectivity index (χ4v) is 2.21. The van der Waals surface area contributed by atoms with Gasteiger partial charge in [-0.1, -0.05) is 6.07 Å². The third kappa shape index (κ3) is 3.94. The zero-order valence-corrected chi connectivity index (χ0v) is 11.5. The molecule has 1 aromatic rings. The minimum Gasteiger partial charge on any atom is -0.359 e. The maximum Gasteiger partial charge on any atom is 0.269 e. The van der Waals surface area contributed by atoms with Gasteiger partial charge in [0, 0.05) is 26.2 Å². The van der Waals surface area contributed by atoms with Crippen LogP contribution in [0.25, 0.3) is 0 Å². The Morgan fingerprint density at radius 1 is 1.30 bits per heavy atom. The highest BCUT2D eigenvalue weighted by Crippen LogP contribution is 2.17. The SMILES string of the molecule is O=CNCCCNC(=O)c1cccc(N2CCCC2)n1. The highest BCUT2D eigenvalue weighted by atomic mass is 16.2. The molecule has 108 valence electrons. The molecule has 0 atom stereocenters. The maximum atomic E-state index is 12.0. The number of pyridine rings is 1. The third-order valence-electron chi connectivity index (χ3n) is 3.26. The molecule has 1 aliphatic rings. The molecule has 1 saturated heterocycles. The summed E-state index contributed by atoms with van der Waals surface area (Å²) in [6, 6.07) is 5.53. The van der Waals surface area contributed by atoms with Crippen LogP contribution >= 0.6 is 0 Å². The predicted molar refractivity (Wildman–Crippen MR) is 76.7 cm³/mol. The molecule has 1 aromatic heterocycles. The third-order valence-corrected chi connectivity index (χ3v) is 3.26. The van der Waals surface area contributed by atoms with Gasteiger partial charge in [0.05, 0.1) is 0 Å². The topological polar surface area (TPSA) is 74.3 Å². The molecule has 0 aliphatic carbocycles. The highest BCUT2D eigenvalue weighted by molar-refractivity contribution is 5.92. The van der Waals surface area contributed by atoms with Crippen molar-refractivity contribution in [3.8, 4) is 0 Å². The Labute approximate surface area is 118 Å². The summed E-state index contributed by atoms with van der Waals surface area (Å²) >= 11 is 0. The molecule has 0 saturated carbocycles. The van der Waals surface area contributed by atoms with E-state index in [4.69, 9.17) is 0 Å². The summed E-state index contributed by atoms with van der Waals surface area (Å²) in [6.07, 6.45) is 3.73. The summed E-state index contributed by atoms with van der Waals surface area (Å²) in [4.78, 5) is 28.6. The van der Waals surface area contributed by atoms with E-state index in [1.807, 2.05) is 12.1 Å². The Bertz CT molecular complexity index is 458. The van der Waals surface area contributed by atoms with E-state index >= 15 is 0 Å². The quantitative estimate of drug-likeness (QED) is 0.563. The van der Waals surface area contributed by atoms with Crippen molar-refractivity contribution in [2.24, 2.45) is 0 Å². The Kier molecular flexibility index (Phi) is 5.34. The van der Waals surface area contributed by atoms with Gasteiger partial charge in [0.25, 0.3) is 5.91 Å². The number of hydrogen-bond acceptors (Lipinski definition) is 4. The summed E-state index contributed by atoms with van der Waals surface area (Å²) in [5.41, 5.74) is 0.442. The standard InChI is InChI=1S/C14H20N4O2/c19-11-15-7-4-8-16-14(20)12-5-3-6-13(17-12)18-9-1-2-10-18/h3,5-6,11H,1-2,4,7-10H2,(H,15,19)(H,16,20). The maximum absolute atomic E-state index is 12.0. The fourth-order valence-electron chi connectivity index (χ4n) is 2.21. The average molecular weight is 276 g/mol. The molecule has 1 fully saturated rings. The van der Waals surface area contributed by atoms with E-state index in [0.29, 0.717) is 31.6 Å². The van der Waals surface area contributed by atoms with Gasteiger partial charge in [0.1, 0.15) is 11.5 Å². The highest BCUT2D eigenvalue weighted by Gasteiger charge is 2.15. The van der Waals surface area contributed by atoms with E-state index in [1.54, 1.807) is 6.07 Å². The van der Waals surface area contributed by atoms with Gasteiger partial charge in [-0.15, -0.1) is 0 Å². The Hall–Kier alpha value is -2.11. The van der Waals surface area contributed by atoms with Crippen molar-refractivity contribution in [1.82, 2.24) is 15.6 Å². The lowest BCUT2D eigenvalue weighted by molar-refractivity contribution is -0.109. The zero-order valence-electron chi connectivity index (χ0n) is 11.5. The number of rotatable bonds is 7. The molecule has 0 spiro atoms. The van der Waals surface area contributed by atoms with Crippen molar-refractivity contribution >= 4 is 18.1 Å². The van der Waals surface area contributed by atoms with E-state index < -0.39 is 0 Å². The molecule has 20 heavy (non-hydrogen) atoms. The molecule has 2 rings (SSSR count). The lowest BCUT2D eigenvalue weighted by Crippen LogP contribution is -2.28. The van der Waals surface area contributed by atoms with E-state index in [2.05, 4.69) is 20.5 Å². The zero-order chi connectivity index (χ0) is 14.2. The lowest BCUT2D eigenvalue weighted by Gasteiger charge is -2.16. The second-order valence-electron chi connectivity index (χ2n) is 4.76. The number of carbonyl (C=O) groups is 2. The predicted octanol–water partition coefficient (Wildman–Crippen LogP) is 0.548. The lowest BCUT2D eigenvalue weighted by atomic mass is 10.3. The summed E-state index contributed by atoms with van der Waals surface area (Å²) in [5, 5.41) is 5.35. The van der Waals surface area contributed by atoms with Gasteiger partial charge >= 0.3 is 0 Å². The van der Waals surface area contributed by atoms with E-state index in [1.165, 1.54) is 12.8 Å². The first-order valence-corrected chi connectivity index (χ1v) is 6.98. The van der Waals surface area contributed by atoms with Gasteiger partial charge in [-0.05, 0) is 31.4 Å². The molecule has 0 aromatic carbocycles. The number of aromatic nitrogens is 1. The summed E-state index contributed by atoms with van der Waals surface area (Å²) in [5.74, 6) is 0.704. The average Bonchev–Trinajstić information content (AvgIpc) is 3.01. The molecular weight excluding hydrogens is 256 g/mol. The van der Waals surface area contributed by atoms with Gasteiger partial charge in [0.15, 0.2) is 0 Å². The van der Waals surface area contributed by atoms with Crippen molar-refractivity contribution in [3.63, 3.8) is 0 Å². The van der Waals surface area contributed by atoms with Crippen molar-refractivity contribution in [2.45, 2.75) is 19.3 Å². The second kappa shape index (κ2) is 7.47.